The lowest BCUT2D eigenvalue weighted by molar-refractivity contribution is -0.140. The number of ketones is 1. The van der Waals surface area contributed by atoms with Crippen molar-refractivity contribution in [3.8, 4) is 0 Å². The summed E-state index contributed by atoms with van der Waals surface area (Å²) in [6.45, 7) is 4.71. The van der Waals surface area contributed by atoms with E-state index in [1.807, 2.05) is 19.9 Å². The van der Waals surface area contributed by atoms with E-state index in [1.54, 1.807) is 48.5 Å². The Morgan fingerprint density at radius 3 is 2.38 bits per heavy atom. The Labute approximate surface area is 175 Å². The predicted octanol–water partition coefficient (Wildman–Crippen LogP) is 4.58. The lowest BCUT2D eigenvalue weighted by Crippen LogP contribution is -2.31. The molecule has 29 heavy (non-hydrogen) atoms. The molecule has 1 aliphatic heterocycles. The molecule has 3 rings (SSSR count). The fourth-order valence-electron chi connectivity index (χ4n) is 3.41. The number of likely N-dealkylation sites (tertiary alicyclic amines) is 1. The molecule has 0 saturated carbocycles. The van der Waals surface area contributed by atoms with Crippen molar-refractivity contribution in [2.24, 2.45) is 0 Å². The van der Waals surface area contributed by atoms with Gasteiger partial charge in [-0.3, -0.25) is 9.59 Å². The lowest BCUT2D eigenvalue weighted by atomic mass is 9.95. The smallest absolute Gasteiger partial charge is 0.295 e. The van der Waals surface area contributed by atoms with E-state index in [9.17, 15) is 14.7 Å². The van der Waals surface area contributed by atoms with Gasteiger partial charge in [0.25, 0.3) is 11.7 Å². The molecule has 1 saturated heterocycles. The maximum Gasteiger partial charge on any atom is 0.295 e. The molecule has 152 valence electrons. The average Bonchev–Trinajstić information content (AvgIpc) is 2.96. The second kappa shape index (κ2) is 9.25. The van der Waals surface area contributed by atoms with E-state index in [-0.39, 0.29) is 17.4 Å². The third-order valence-electron chi connectivity index (χ3n) is 4.77. The molecule has 1 fully saturated rings. The molecule has 0 spiro atoms. The Balaban J connectivity index is 2.00. The van der Waals surface area contributed by atoms with Crippen molar-refractivity contribution in [3.63, 3.8) is 0 Å². The number of carbonyl (C=O) groups excluding carboxylic acids is 2. The summed E-state index contributed by atoms with van der Waals surface area (Å²) in [4.78, 5) is 27.2. The van der Waals surface area contributed by atoms with Crippen LogP contribution < -0.4 is 0 Å². The fraction of sp³-hybridized carbons (Fsp3) is 0.304. The highest BCUT2D eigenvalue weighted by Crippen LogP contribution is 2.39. The van der Waals surface area contributed by atoms with E-state index in [0.29, 0.717) is 30.2 Å². The third kappa shape index (κ3) is 4.69. The number of Topliss-reactive ketones (excluding diaryl/α,β-unsaturated/α-hetero) is 1. The van der Waals surface area contributed by atoms with E-state index in [1.165, 1.54) is 4.90 Å². The Bertz CT molecular complexity index is 906. The maximum absolute atomic E-state index is 12.9. The lowest BCUT2D eigenvalue weighted by Gasteiger charge is -2.25. The van der Waals surface area contributed by atoms with Crippen LogP contribution in [0.25, 0.3) is 5.76 Å². The van der Waals surface area contributed by atoms with Gasteiger partial charge in [-0.1, -0.05) is 54.1 Å². The third-order valence-corrected chi connectivity index (χ3v) is 5.02. The molecule has 1 heterocycles. The van der Waals surface area contributed by atoms with Gasteiger partial charge in [0, 0.05) is 23.7 Å². The summed E-state index contributed by atoms with van der Waals surface area (Å²) in [5.41, 5.74) is 1.30. The minimum Gasteiger partial charge on any atom is -0.507 e. The highest BCUT2D eigenvalue weighted by atomic mass is 35.5. The molecule has 1 amide bonds. The van der Waals surface area contributed by atoms with Gasteiger partial charge in [-0.15, -0.1) is 0 Å². The zero-order chi connectivity index (χ0) is 21.0. The highest BCUT2D eigenvalue weighted by molar-refractivity contribution is 6.46. The molecular weight excluding hydrogens is 390 g/mol. The van der Waals surface area contributed by atoms with Gasteiger partial charge in [0.2, 0.25) is 0 Å². The second-order valence-electron chi connectivity index (χ2n) is 7.18. The van der Waals surface area contributed by atoms with Crippen molar-refractivity contribution in [1.29, 1.82) is 0 Å². The standard InChI is InChI=1S/C23H24ClNO4/c1-15(2)29-14-6-13-25-20(16-9-11-18(24)12-10-16)19(22(27)23(25)28)21(26)17-7-4-3-5-8-17/h3-5,7-12,15,20,26H,6,13-14H2,1-2H3/t20-/m0/s1. The number of rotatable bonds is 7. The molecule has 1 N–H and O–H groups in total. The summed E-state index contributed by atoms with van der Waals surface area (Å²) in [6.07, 6.45) is 0.677. The van der Waals surface area contributed by atoms with Crippen molar-refractivity contribution in [2.75, 3.05) is 13.2 Å². The van der Waals surface area contributed by atoms with Gasteiger partial charge < -0.3 is 14.7 Å². The molecule has 6 heteroatoms. The minimum atomic E-state index is -0.684. The number of aliphatic hydroxyl groups excluding tert-OH is 1. The molecule has 0 radical (unpaired) electrons. The van der Waals surface area contributed by atoms with Crippen molar-refractivity contribution in [1.82, 2.24) is 4.90 Å². The first kappa shape index (κ1) is 21.1. The van der Waals surface area contributed by atoms with Crippen LogP contribution >= 0.6 is 11.6 Å². The van der Waals surface area contributed by atoms with Crippen LogP contribution in [0.1, 0.15) is 37.4 Å². The SMILES string of the molecule is CC(C)OCCCN1C(=O)C(=O)C(=C(O)c2ccccc2)[C@@H]1c1ccc(Cl)cc1. The number of hydrogen-bond donors (Lipinski definition) is 1. The van der Waals surface area contributed by atoms with Gasteiger partial charge in [-0.25, -0.2) is 0 Å². The predicted molar refractivity (Wildman–Crippen MR) is 113 cm³/mol. The zero-order valence-corrected chi connectivity index (χ0v) is 17.2. The van der Waals surface area contributed by atoms with Gasteiger partial charge >= 0.3 is 0 Å². The number of benzene rings is 2. The first-order valence-electron chi connectivity index (χ1n) is 9.61. The van der Waals surface area contributed by atoms with E-state index >= 15 is 0 Å². The van der Waals surface area contributed by atoms with Crippen LogP contribution in [0.15, 0.2) is 60.2 Å². The molecule has 2 aromatic carbocycles. The summed E-state index contributed by atoms with van der Waals surface area (Å²) in [7, 11) is 0. The summed E-state index contributed by atoms with van der Waals surface area (Å²) in [5, 5.41) is 11.4. The van der Waals surface area contributed by atoms with Crippen LogP contribution in [0, 0.1) is 0 Å². The summed E-state index contributed by atoms with van der Waals surface area (Å²) in [5.74, 6) is -1.48. The number of amides is 1. The first-order chi connectivity index (χ1) is 13.9. The topological polar surface area (TPSA) is 66.8 Å². The maximum atomic E-state index is 12.9. The van der Waals surface area contributed by atoms with E-state index in [0.717, 1.165) is 5.56 Å². The number of carbonyl (C=O) groups is 2. The molecule has 2 aromatic rings. The van der Waals surface area contributed by atoms with Gasteiger partial charge in [-0.05, 0) is 38.0 Å². The van der Waals surface area contributed by atoms with Crippen molar-refractivity contribution < 1.29 is 19.4 Å². The number of nitrogens with zero attached hydrogens (tertiary/aromatic N) is 1. The van der Waals surface area contributed by atoms with Crippen LogP contribution in [-0.2, 0) is 14.3 Å². The Kier molecular flexibility index (Phi) is 6.72. The van der Waals surface area contributed by atoms with E-state index < -0.39 is 17.7 Å². The molecule has 0 aliphatic carbocycles. The zero-order valence-electron chi connectivity index (χ0n) is 16.5. The van der Waals surface area contributed by atoms with E-state index in [4.69, 9.17) is 16.3 Å². The Hall–Kier alpha value is -2.63. The normalized spacial score (nSPS) is 18.6. The summed E-state index contributed by atoms with van der Waals surface area (Å²) in [6, 6.07) is 15.1. The van der Waals surface area contributed by atoms with Crippen LogP contribution in [0.4, 0.5) is 0 Å². The minimum absolute atomic E-state index is 0.0910. The van der Waals surface area contributed by atoms with Crippen molar-refractivity contribution >= 4 is 29.1 Å². The largest absolute Gasteiger partial charge is 0.507 e. The molecule has 1 atom stereocenters. The summed E-state index contributed by atoms with van der Waals surface area (Å²) < 4.78 is 5.56. The van der Waals surface area contributed by atoms with Crippen LogP contribution in [0.5, 0.6) is 0 Å². The molecular formula is C23H24ClNO4. The molecule has 0 unspecified atom stereocenters. The number of hydrogen-bond acceptors (Lipinski definition) is 4. The number of ether oxygens (including phenoxy) is 1. The fourth-order valence-corrected chi connectivity index (χ4v) is 3.53. The molecule has 1 aliphatic rings. The van der Waals surface area contributed by atoms with E-state index in [2.05, 4.69) is 0 Å². The van der Waals surface area contributed by atoms with Crippen LogP contribution in [0.3, 0.4) is 0 Å². The average molecular weight is 414 g/mol. The Morgan fingerprint density at radius 1 is 1.10 bits per heavy atom. The van der Waals surface area contributed by atoms with Crippen molar-refractivity contribution in [3.05, 3.63) is 76.3 Å². The van der Waals surface area contributed by atoms with Gasteiger partial charge in [0.15, 0.2) is 0 Å². The quantitative estimate of drug-likeness (QED) is 0.312. The monoisotopic (exact) mass is 413 g/mol. The van der Waals surface area contributed by atoms with Crippen LogP contribution in [-0.4, -0.2) is 41.0 Å². The Morgan fingerprint density at radius 2 is 1.76 bits per heavy atom. The number of aliphatic hydroxyl groups is 1. The highest BCUT2D eigenvalue weighted by Gasteiger charge is 2.45. The van der Waals surface area contributed by atoms with Gasteiger partial charge in [-0.2, -0.15) is 0 Å². The van der Waals surface area contributed by atoms with Gasteiger partial charge in [0.1, 0.15) is 5.76 Å². The summed E-state index contributed by atoms with van der Waals surface area (Å²) >= 11 is 6.01. The molecule has 5 nitrogen and oxygen atoms in total. The van der Waals surface area contributed by atoms with Crippen LogP contribution in [0.2, 0.25) is 5.02 Å². The number of halogens is 1. The molecule has 0 aromatic heterocycles. The van der Waals surface area contributed by atoms with Crippen molar-refractivity contribution in [2.45, 2.75) is 32.4 Å². The molecule has 0 bridgehead atoms. The first-order valence-corrected chi connectivity index (χ1v) is 9.99. The second-order valence-corrected chi connectivity index (χ2v) is 7.62. The van der Waals surface area contributed by atoms with Gasteiger partial charge in [0.05, 0.1) is 17.7 Å².